The Morgan fingerprint density at radius 3 is 2.85 bits per heavy atom. The topological polar surface area (TPSA) is 112 Å². The zero-order chi connectivity index (χ0) is 14.7. The molecule has 1 heterocycles. The molecule has 1 aromatic carbocycles. The predicted molar refractivity (Wildman–Crippen MR) is 80.1 cm³/mol. The standard InChI is InChI=1S/C12H10ClN3O3S/c13-7-1-2-10-6(3-7)4-8(11(18)19-10)9(17)5-20-12(14)16-15/h1-4H,5,15H2,(H2,14,16). The second-order valence-corrected chi connectivity index (χ2v) is 5.24. The van der Waals surface area contributed by atoms with Crippen molar-refractivity contribution in [2.75, 3.05) is 5.75 Å². The lowest BCUT2D eigenvalue weighted by Gasteiger charge is -2.02. The van der Waals surface area contributed by atoms with Gasteiger partial charge in [0.2, 0.25) is 0 Å². The van der Waals surface area contributed by atoms with E-state index < -0.39 is 11.4 Å². The molecule has 1 aromatic heterocycles. The number of hydrazone groups is 1. The summed E-state index contributed by atoms with van der Waals surface area (Å²) in [6.07, 6.45) is 0. The van der Waals surface area contributed by atoms with Crippen LogP contribution in [0.3, 0.4) is 0 Å². The molecule has 0 radical (unpaired) electrons. The van der Waals surface area contributed by atoms with Crippen molar-refractivity contribution in [1.29, 1.82) is 0 Å². The van der Waals surface area contributed by atoms with Crippen molar-refractivity contribution in [1.82, 2.24) is 0 Å². The molecule has 2 rings (SSSR count). The Hall–Kier alpha value is -1.99. The molecule has 0 saturated heterocycles. The lowest BCUT2D eigenvalue weighted by Crippen LogP contribution is -2.18. The molecule has 0 bridgehead atoms. The Balaban J connectivity index is 2.36. The first-order chi connectivity index (χ1) is 9.51. The van der Waals surface area contributed by atoms with E-state index in [2.05, 4.69) is 5.10 Å². The number of fused-ring (bicyclic) bond motifs is 1. The minimum atomic E-state index is -0.700. The summed E-state index contributed by atoms with van der Waals surface area (Å²) in [6.45, 7) is 0. The van der Waals surface area contributed by atoms with Gasteiger partial charge in [0.25, 0.3) is 0 Å². The molecule has 0 saturated carbocycles. The molecule has 8 heteroatoms. The molecule has 0 aliphatic carbocycles. The van der Waals surface area contributed by atoms with Crippen molar-refractivity contribution < 1.29 is 9.21 Å². The Labute approximate surface area is 122 Å². The molecule has 6 nitrogen and oxygen atoms in total. The minimum absolute atomic E-state index is 0.0522. The molecule has 0 atom stereocenters. The van der Waals surface area contributed by atoms with E-state index >= 15 is 0 Å². The molecule has 4 N–H and O–H groups in total. The normalized spacial score (nSPS) is 11.8. The molecule has 0 amide bonds. The third kappa shape index (κ3) is 3.12. The summed E-state index contributed by atoms with van der Waals surface area (Å²) in [5.41, 5.74) is 4.97. The fraction of sp³-hybridized carbons (Fsp3) is 0.0833. The van der Waals surface area contributed by atoms with Crippen LogP contribution in [-0.2, 0) is 0 Å². The van der Waals surface area contributed by atoms with Gasteiger partial charge in [-0.25, -0.2) is 4.79 Å². The predicted octanol–water partition coefficient (Wildman–Crippen LogP) is 1.55. The zero-order valence-corrected chi connectivity index (χ0v) is 11.7. The van der Waals surface area contributed by atoms with E-state index in [-0.39, 0.29) is 16.5 Å². The molecule has 0 aliphatic heterocycles. The fourth-order valence-electron chi connectivity index (χ4n) is 1.54. The monoisotopic (exact) mass is 311 g/mol. The number of amidine groups is 1. The third-order valence-electron chi connectivity index (χ3n) is 2.47. The van der Waals surface area contributed by atoms with Crippen LogP contribution >= 0.6 is 23.4 Å². The molecule has 0 spiro atoms. The van der Waals surface area contributed by atoms with E-state index in [0.717, 1.165) is 11.8 Å². The second-order valence-electron chi connectivity index (χ2n) is 3.81. The van der Waals surface area contributed by atoms with Gasteiger partial charge in [-0.05, 0) is 24.3 Å². The van der Waals surface area contributed by atoms with Crippen LogP contribution in [-0.4, -0.2) is 16.7 Å². The van der Waals surface area contributed by atoms with Gasteiger partial charge in [0.1, 0.15) is 11.1 Å². The maximum atomic E-state index is 11.9. The van der Waals surface area contributed by atoms with Gasteiger partial charge in [0, 0.05) is 10.4 Å². The highest BCUT2D eigenvalue weighted by molar-refractivity contribution is 8.14. The van der Waals surface area contributed by atoms with Crippen LogP contribution in [0, 0.1) is 0 Å². The van der Waals surface area contributed by atoms with Gasteiger partial charge in [0.05, 0.1) is 5.75 Å². The van der Waals surface area contributed by atoms with Crippen molar-refractivity contribution in [2.45, 2.75) is 0 Å². The first-order valence-corrected chi connectivity index (χ1v) is 6.80. The van der Waals surface area contributed by atoms with E-state index in [1.807, 2.05) is 0 Å². The maximum Gasteiger partial charge on any atom is 0.347 e. The number of nitrogens with two attached hydrogens (primary N) is 2. The minimum Gasteiger partial charge on any atom is -0.422 e. The number of benzene rings is 1. The van der Waals surface area contributed by atoms with Crippen LogP contribution in [0.15, 0.2) is 38.6 Å². The van der Waals surface area contributed by atoms with Crippen molar-refractivity contribution >= 4 is 45.3 Å². The lowest BCUT2D eigenvalue weighted by atomic mass is 10.1. The first kappa shape index (κ1) is 14.4. The van der Waals surface area contributed by atoms with Crippen molar-refractivity contribution in [3.05, 3.63) is 45.3 Å². The third-order valence-corrected chi connectivity index (χ3v) is 3.52. The number of nitrogens with zero attached hydrogens (tertiary/aromatic N) is 1. The summed E-state index contributed by atoms with van der Waals surface area (Å²) in [4.78, 5) is 23.7. The smallest absolute Gasteiger partial charge is 0.347 e. The molecular weight excluding hydrogens is 302 g/mol. The number of carbonyl (C=O) groups is 1. The quantitative estimate of drug-likeness (QED) is 0.222. The van der Waals surface area contributed by atoms with Crippen molar-refractivity contribution in [3.8, 4) is 0 Å². The van der Waals surface area contributed by atoms with Crippen LogP contribution in [0.5, 0.6) is 0 Å². The highest BCUT2D eigenvalue weighted by atomic mass is 35.5. The van der Waals surface area contributed by atoms with E-state index in [1.165, 1.54) is 6.07 Å². The molecular formula is C12H10ClN3O3S. The van der Waals surface area contributed by atoms with Crippen molar-refractivity contribution in [3.63, 3.8) is 0 Å². The van der Waals surface area contributed by atoms with E-state index in [0.29, 0.717) is 16.0 Å². The van der Waals surface area contributed by atoms with Crippen LogP contribution in [0.1, 0.15) is 10.4 Å². The lowest BCUT2D eigenvalue weighted by molar-refractivity contribution is 0.101. The number of hydrogen-bond donors (Lipinski definition) is 2. The van der Waals surface area contributed by atoms with E-state index in [9.17, 15) is 9.59 Å². The number of halogens is 1. The summed E-state index contributed by atoms with van der Waals surface area (Å²) in [6, 6.07) is 6.23. The second kappa shape index (κ2) is 5.98. The summed E-state index contributed by atoms with van der Waals surface area (Å²) in [5.74, 6) is 4.48. The summed E-state index contributed by atoms with van der Waals surface area (Å²) in [5, 5.41) is 4.35. The van der Waals surface area contributed by atoms with Crippen LogP contribution in [0.4, 0.5) is 0 Å². The Bertz CT molecular complexity index is 757. The summed E-state index contributed by atoms with van der Waals surface area (Å²) >= 11 is 6.80. The zero-order valence-electron chi connectivity index (χ0n) is 10.1. The fourth-order valence-corrected chi connectivity index (χ4v) is 2.23. The van der Waals surface area contributed by atoms with Gasteiger partial charge in [-0.1, -0.05) is 23.4 Å². The molecule has 0 unspecified atom stereocenters. The van der Waals surface area contributed by atoms with Crippen LogP contribution < -0.4 is 17.2 Å². The van der Waals surface area contributed by atoms with E-state index in [4.69, 9.17) is 27.6 Å². The van der Waals surface area contributed by atoms with Gasteiger partial charge in [-0.3, -0.25) is 4.79 Å². The average Bonchev–Trinajstić information content (AvgIpc) is 2.44. The van der Waals surface area contributed by atoms with Crippen molar-refractivity contribution in [2.24, 2.45) is 16.7 Å². The largest absolute Gasteiger partial charge is 0.422 e. The highest BCUT2D eigenvalue weighted by Gasteiger charge is 2.14. The number of ketones is 1. The van der Waals surface area contributed by atoms with Gasteiger partial charge < -0.3 is 16.0 Å². The first-order valence-electron chi connectivity index (χ1n) is 5.44. The number of thioether (sulfide) groups is 1. The molecule has 2 aromatic rings. The van der Waals surface area contributed by atoms with Gasteiger partial charge >= 0.3 is 5.63 Å². The maximum absolute atomic E-state index is 11.9. The molecule has 0 fully saturated rings. The van der Waals surface area contributed by atoms with Crippen LogP contribution in [0.2, 0.25) is 5.02 Å². The van der Waals surface area contributed by atoms with Gasteiger partial charge in [-0.2, -0.15) is 5.10 Å². The average molecular weight is 312 g/mol. The summed E-state index contributed by atoms with van der Waals surface area (Å²) < 4.78 is 5.07. The Kier molecular flexibility index (Phi) is 4.31. The van der Waals surface area contributed by atoms with Crippen LogP contribution in [0.25, 0.3) is 11.0 Å². The summed E-state index contributed by atoms with van der Waals surface area (Å²) in [7, 11) is 0. The SMILES string of the molecule is N/N=C(\N)SCC(=O)c1cc2cc(Cl)ccc2oc1=O. The highest BCUT2D eigenvalue weighted by Crippen LogP contribution is 2.19. The number of rotatable bonds is 3. The number of hydrogen-bond acceptors (Lipinski definition) is 6. The Morgan fingerprint density at radius 1 is 1.40 bits per heavy atom. The molecule has 20 heavy (non-hydrogen) atoms. The molecule has 0 aliphatic rings. The number of carbonyl (C=O) groups excluding carboxylic acids is 1. The Morgan fingerprint density at radius 2 is 2.15 bits per heavy atom. The van der Waals surface area contributed by atoms with Gasteiger partial charge in [0.15, 0.2) is 11.0 Å². The number of Topliss-reactive ketones (excluding diaryl/α,β-unsaturated/α-hetero) is 1. The molecule has 104 valence electrons. The van der Waals surface area contributed by atoms with Gasteiger partial charge in [-0.15, -0.1) is 0 Å². The van der Waals surface area contributed by atoms with E-state index in [1.54, 1.807) is 18.2 Å².